The van der Waals surface area contributed by atoms with Crippen LogP contribution in [0.15, 0.2) is 71.6 Å². The van der Waals surface area contributed by atoms with Gasteiger partial charge in [0.2, 0.25) is 0 Å². The van der Waals surface area contributed by atoms with Crippen molar-refractivity contribution in [1.29, 1.82) is 0 Å². The molecule has 0 fully saturated rings. The summed E-state index contributed by atoms with van der Waals surface area (Å²) in [6, 6.07) is 14.8. The second-order valence-electron chi connectivity index (χ2n) is 6.37. The third-order valence-corrected chi connectivity index (χ3v) is 5.90. The van der Waals surface area contributed by atoms with Crippen molar-refractivity contribution in [3.63, 3.8) is 0 Å². The number of anilines is 1. The van der Waals surface area contributed by atoms with Gasteiger partial charge in [-0.15, -0.1) is 0 Å². The van der Waals surface area contributed by atoms with Crippen molar-refractivity contribution in [3.8, 4) is 5.75 Å². The first-order valence-corrected chi connectivity index (χ1v) is 10.9. The highest BCUT2D eigenvalue weighted by atomic mass is 35.5. The standard InChI is InChI=1S/C21H17ClFN3O5S/c1-31-19-8-3-2-7-18(19)26-32(29,30)15-6-4-5-13(11-15)20(27)24-25-21(28)16-10-9-14(23)12-17(16)22/h2-12,26H,1H3,(H,24,27)(H,25,28). The van der Waals surface area contributed by atoms with Crippen molar-refractivity contribution in [2.75, 3.05) is 11.8 Å². The zero-order valence-electron chi connectivity index (χ0n) is 16.6. The van der Waals surface area contributed by atoms with Gasteiger partial charge in [0.1, 0.15) is 11.6 Å². The Labute approximate surface area is 188 Å². The van der Waals surface area contributed by atoms with E-state index < -0.39 is 27.7 Å². The summed E-state index contributed by atoms with van der Waals surface area (Å²) in [7, 11) is -2.63. The number of carbonyl (C=O) groups is 2. The number of amides is 2. The highest BCUT2D eigenvalue weighted by molar-refractivity contribution is 7.92. The number of benzene rings is 3. The summed E-state index contributed by atoms with van der Waals surface area (Å²) in [6.07, 6.45) is 0. The second-order valence-corrected chi connectivity index (χ2v) is 8.46. The quantitative estimate of drug-likeness (QED) is 0.471. The summed E-state index contributed by atoms with van der Waals surface area (Å²) >= 11 is 5.82. The monoisotopic (exact) mass is 477 g/mol. The number of para-hydroxylation sites is 2. The fraction of sp³-hybridized carbons (Fsp3) is 0.0476. The lowest BCUT2D eigenvalue weighted by atomic mass is 10.2. The molecule has 0 saturated carbocycles. The van der Waals surface area contributed by atoms with E-state index in [1.54, 1.807) is 18.2 Å². The van der Waals surface area contributed by atoms with Gasteiger partial charge in [-0.3, -0.25) is 25.2 Å². The largest absolute Gasteiger partial charge is 0.495 e. The van der Waals surface area contributed by atoms with Gasteiger partial charge in [0, 0.05) is 5.56 Å². The first-order valence-electron chi connectivity index (χ1n) is 9.03. The molecule has 0 aliphatic heterocycles. The van der Waals surface area contributed by atoms with Crippen molar-refractivity contribution in [2.45, 2.75) is 4.90 Å². The predicted octanol–water partition coefficient (Wildman–Crippen LogP) is 3.36. The third-order valence-electron chi connectivity index (χ3n) is 4.22. The van der Waals surface area contributed by atoms with Crippen LogP contribution >= 0.6 is 11.6 Å². The van der Waals surface area contributed by atoms with E-state index in [4.69, 9.17) is 16.3 Å². The van der Waals surface area contributed by atoms with Gasteiger partial charge in [-0.1, -0.05) is 29.8 Å². The van der Waals surface area contributed by atoms with Crippen molar-refractivity contribution in [3.05, 3.63) is 88.7 Å². The van der Waals surface area contributed by atoms with Crippen LogP contribution in [0.25, 0.3) is 0 Å². The van der Waals surface area contributed by atoms with Gasteiger partial charge in [-0.05, 0) is 48.5 Å². The van der Waals surface area contributed by atoms with E-state index >= 15 is 0 Å². The van der Waals surface area contributed by atoms with Gasteiger partial charge in [-0.2, -0.15) is 0 Å². The van der Waals surface area contributed by atoms with Crippen LogP contribution in [-0.2, 0) is 10.0 Å². The van der Waals surface area contributed by atoms with Gasteiger partial charge in [-0.25, -0.2) is 12.8 Å². The maximum Gasteiger partial charge on any atom is 0.271 e. The molecule has 166 valence electrons. The predicted molar refractivity (Wildman–Crippen MR) is 117 cm³/mol. The topological polar surface area (TPSA) is 114 Å². The molecule has 0 unspecified atom stereocenters. The minimum Gasteiger partial charge on any atom is -0.495 e. The van der Waals surface area contributed by atoms with Gasteiger partial charge in [0.15, 0.2) is 0 Å². The van der Waals surface area contributed by atoms with Crippen molar-refractivity contribution in [1.82, 2.24) is 10.9 Å². The van der Waals surface area contributed by atoms with Gasteiger partial charge >= 0.3 is 0 Å². The Morgan fingerprint density at radius 3 is 2.38 bits per heavy atom. The summed E-state index contributed by atoms with van der Waals surface area (Å²) in [5, 5.41) is -0.132. The highest BCUT2D eigenvalue weighted by Gasteiger charge is 2.19. The van der Waals surface area contributed by atoms with E-state index in [9.17, 15) is 22.4 Å². The first kappa shape index (κ1) is 23.0. The molecule has 0 bridgehead atoms. The molecule has 3 N–H and O–H groups in total. The van der Waals surface area contributed by atoms with Crippen LogP contribution in [-0.4, -0.2) is 27.3 Å². The Morgan fingerprint density at radius 2 is 1.66 bits per heavy atom. The fourth-order valence-corrected chi connectivity index (χ4v) is 4.03. The Hall–Kier alpha value is -3.63. The van der Waals surface area contributed by atoms with Crippen LogP contribution in [0, 0.1) is 5.82 Å². The summed E-state index contributed by atoms with van der Waals surface area (Å²) in [4.78, 5) is 24.4. The lowest BCUT2D eigenvalue weighted by molar-refractivity contribution is 0.0846. The van der Waals surface area contributed by atoms with E-state index in [0.717, 1.165) is 24.3 Å². The average molecular weight is 478 g/mol. The third kappa shape index (κ3) is 5.34. The molecule has 0 aromatic heterocycles. The maximum atomic E-state index is 13.1. The Morgan fingerprint density at radius 1 is 0.938 bits per heavy atom. The van der Waals surface area contributed by atoms with E-state index in [0.29, 0.717) is 5.75 Å². The lowest BCUT2D eigenvalue weighted by Gasteiger charge is -2.12. The molecular weight excluding hydrogens is 461 g/mol. The summed E-state index contributed by atoms with van der Waals surface area (Å²) < 4.78 is 46.1. The van der Waals surface area contributed by atoms with Crippen LogP contribution < -0.4 is 20.3 Å². The molecule has 11 heteroatoms. The zero-order valence-corrected chi connectivity index (χ0v) is 18.1. The molecule has 2 amide bonds. The first-order chi connectivity index (χ1) is 15.2. The van der Waals surface area contributed by atoms with Crippen molar-refractivity contribution in [2.24, 2.45) is 0 Å². The number of rotatable bonds is 6. The summed E-state index contributed by atoms with van der Waals surface area (Å²) in [5.41, 5.74) is 4.45. The minimum absolute atomic E-state index is 0.0293. The number of hydrogen-bond donors (Lipinski definition) is 3. The van der Waals surface area contributed by atoms with Crippen LogP contribution in [0.3, 0.4) is 0 Å². The molecule has 0 spiro atoms. The van der Waals surface area contributed by atoms with Gasteiger partial charge < -0.3 is 4.74 Å². The van der Waals surface area contributed by atoms with Crippen molar-refractivity contribution >= 4 is 39.1 Å². The maximum absolute atomic E-state index is 13.1. The van der Waals surface area contributed by atoms with E-state index in [-0.39, 0.29) is 26.7 Å². The summed E-state index contributed by atoms with van der Waals surface area (Å²) in [5.74, 6) is -1.83. The minimum atomic E-state index is -4.04. The Kier molecular flexibility index (Phi) is 6.96. The smallest absolute Gasteiger partial charge is 0.271 e. The molecule has 3 rings (SSSR count). The van der Waals surface area contributed by atoms with E-state index in [2.05, 4.69) is 15.6 Å². The number of halogens is 2. The highest BCUT2D eigenvalue weighted by Crippen LogP contribution is 2.26. The second kappa shape index (κ2) is 9.67. The molecule has 8 nitrogen and oxygen atoms in total. The van der Waals surface area contributed by atoms with Gasteiger partial charge in [0.25, 0.3) is 21.8 Å². The zero-order chi connectivity index (χ0) is 23.3. The van der Waals surface area contributed by atoms with Crippen molar-refractivity contribution < 1.29 is 27.1 Å². The van der Waals surface area contributed by atoms with Crippen LogP contribution in [0.2, 0.25) is 5.02 Å². The molecular formula is C21H17ClFN3O5S. The number of sulfonamides is 1. The lowest BCUT2D eigenvalue weighted by Crippen LogP contribution is -2.41. The molecule has 0 aliphatic rings. The van der Waals surface area contributed by atoms with Crippen LogP contribution in [0.4, 0.5) is 10.1 Å². The molecule has 0 aliphatic carbocycles. The van der Waals surface area contributed by atoms with Gasteiger partial charge in [0.05, 0.1) is 28.3 Å². The number of hydrazine groups is 1. The number of ether oxygens (including phenoxy) is 1. The molecule has 32 heavy (non-hydrogen) atoms. The molecule has 3 aromatic rings. The number of methoxy groups -OCH3 is 1. The van der Waals surface area contributed by atoms with E-state index in [1.165, 1.54) is 31.4 Å². The van der Waals surface area contributed by atoms with E-state index in [1.807, 2.05) is 0 Å². The normalized spacial score (nSPS) is 10.8. The molecule has 3 aromatic carbocycles. The Bertz CT molecular complexity index is 1280. The average Bonchev–Trinajstić information content (AvgIpc) is 2.77. The SMILES string of the molecule is COc1ccccc1NS(=O)(=O)c1cccc(C(=O)NNC(=O)c2ccc(F)cc2Cl)c1. The number of hydrogen-bond acceptors (Lipinski definition) is 5. The number of carbonyl (C=O) groups excluding carboxylic acids is 2. The van der Waals surface area contributed by atoms with Crippen LogP contribution in [0.5, 0.6) is 5.75 Å². The molecule has 0 radical (unpaired) electrons. The molecule has 0 saturated heterocycles. The molecule has 0 heterocycles. The fourth-order valence-electron chi connectivity index (χ4n) is 2.66. The number of nitrogens with one attached hydrogen (secondary N) is 3. The van der Waals surface area contributed by atoms with Crippen LogP contribution in [0.1, 0.15) is 20.7 Å². The molecule has 0 atom stereocenters. The Balaban J connectivity index is 1.73. The summed E-state index contributed by atoms with van der Waals surface area (Å²) in [6.45, 7) is 0.